The van der Waals surface area contributed by atoms with Gasteiger partial charge in [0, 0.05) is 51.1 Å². The molecule has 1 saturated heterocycles. The number of benzene rings is 1. The highest BCUT2D eigenvalue weighted by Gasteiger charge is 2.30. The van der Waals surface area contributed by atoms with Gasteiger partial charge in [-0.05, 0) is 18.2 Å². The number of hydrogen-bond acceptors (Lipinski definition) is 7. The van der Waals surface area contributed by atoms with Crippen LogP contribution in [0.2, 0.25) is 0 Å². The van der Waals surface area contributed by atoms with Gasteiger partial charge in [-0.15, -0.1) is 0 Å². The molecule has 3 aromatic heterocycles. The van der Waals surface area contributed by atoms with E-state index < -0.39 is 6.61 Å². The number of imidazole rings is 1. The fourth-order valence-electron chi connectivity index (χ4n) is 5.55. The number of aromatic nitrogens is 4. The molecule has 1 amide bonds. The summed E-state index contributed by atoms with van der Waals surface area (Å²) in [7, 11) is 3.44. The van der Waals surface area contributed by atoms with Crippen molar-refractivity contribution in [2.75, 3.05) is 46.6 Å². The first-order valence-electron chi connectivity index (χ1n) is 13.0. The Morgan fingerprint density at radius 1 is 1.26 bits per heavy atom. The lowest BCUT2D eigenvalue weighted by Crippen LogP contribution is -2.51. The Morgan fingerprint density at radius 2 is 2.13 bits per heavy atom. The summed E-state index contributed by atoms with van der Waals surface area (Å²) in [5.41, 5.74) is 4.02. The maximum absolute atomic E-state index is 13.4. The molecule has 1 aromatic carbocycles. The number of fused-ring (bicyclic) bond motifs is 3. The van der Waals surface area contributed by atoms with E-state index in [-0.39, 0.29) is 25.1 Å². The van der Waals surface area contributed by atoms with E-state index in [2.05, 4.69) is 10.1 Å². The molecule has 0 saturated carbocycles. The van der Waals surface area contributed by atoms with Crippen LogP contribution in [0.25, 0.3) is 33.6 Å². The van der Waals surface area contributed by atoms with Gasteiger partial charge in [0.25, 0.3) is 5.91 Å². The fourth-order valence-corrected chi connectivity index (χ4v) is 5.55. The molecule has 6 rings (SSSR count). The second kappa shape index (κ2) is 10.5. The van der Waals surface area contributed by atoms with Crippen LogP contribution in [-0.2, 0) is 29.5 Å². The molecule has 39 heavy (non-hydrogen) atoms. The fraction of sp³-hybridized carbons (Fsp3) is 0.444. The highest BCUT2D eigenvalue weighted by Crippen LogP contribution is 2.35. The molecule has 1 fully saturated rings. The molecule has 0 unspecified atom stereocenters. The van der Waals surface area contributed by atoms with Crippen molar-refractivity contribution in [3.05, 3.63) is 41.6 Å². The zero-order chi connectivity index (χ0) is 27.1. The number of pyridine rings is 1. The molecule has 1 N–H and O–H groups in total. The second-order valence-electron chi connectivity index (χ2n) is 9.76. The minimum Gasteiger partial charge on any atom is -0.495 e. The maximum Gasteiger partial charge on any atom is 0.345 e. The quantitative estimate of drug-likeness (QED) is 0.367. The molecule has 10 nitrogen and oxygen atoms in total. The Labute approximate surface area is 223 Å². The molecule has 206 valence electrons. The van der Waals surface area contributed by atoms with Crippen molar-refractivity contribution in [2.45, 2.75) is 25.6 Å². The van der Waals surface area contributed by atoms with Crippen molar-refractivity contribution >= 4 is 28.0 Å². The highest BCUT2D eigenvalue weighted by atomic mass is 19.3. The van der Waals surface area contributed by atoms with Crippen LogP contribution in [0.5, 0.6) is 5.75 Å². The van der Waals surface area contributed by atoms with Gasteiger partial charge in [-0.2, -0.15) is 8.78 Å². The largest absolute Gasteiger partial charge is 0.495 e. The van der Waals surface area contributed by atoms with Crippen LogP contribution in [0, 0.1) is 0 Å². The van der Waals surface area contributed by atoms with Gasteiger partial charge in [0.05, 0.1) is 49.4 Å². The summed E-state index contributed by atoms with van der Waals surface area (Å²) in [6.07, 6.45) is 0.646. The van der Waals surface area contributed by atoms with Gasteiger partial charge < -0.3 is 33.6 Å². The molecule has 0 radical (unpaired) electrons. The van der Waals surface area contributed by atoms with Gasteiger partial charge in [0.1, 0.15) is 11.3 Å². The van der Waals surface area contributed by atoms with Crippen molar-refractivity contribution in [3.8, 4) is 17.3 Å². The molecule has 2 aliphatic heterocycles. The molecule has 5 heterocycles. The summed E-state index contributed by atoms with van der Waals surface area (Å²) in [5.74, 6) is 1.16. The number of nitrogens with zero attached hydrogens (tertiary/aromatic N) is 5. The van der Waals surface area contributed by atoms with Crippen LogP contribution in [-0.4, -0.2) is 89.1 Å². The third-order valence-corrected chi connectivity index (χ3v) is 7.39. The predicted molar refractivity (Wildman–Crippen MR) is 140 cm³/mol. The number of carbonyl (C=O) groups is 1. The lowest BCUT2D eigenvalue weighted by molar-refractivity contribution is -0.130. The van der Waals surface area contributed by atoms with E-state index in [1.54, 1.807) is 7.11 Å². The Kier molecular flexibility index (Phi) is 6.92. The van der Waals surface area contributed by atoms with Gasteiger partial charge in [-0.1, -0.05) is 12.1 Å². The monoisotopic (exact) mass is 540 g/mol. The standard InChI is InChI=1S/C27H30F2N6O4/c1-33-24-20(13-18-19(31-24)6-8-34(26(18)36)14-17-15-38-10-7-30-17)32-25(33)21-12-16-4-3-5-22(37-2)23(16)35(21)9-11-39-27(28)29/h3-5,12-13,17,27,30H,6-11,14-15H2,1-2H3/t17-/m0/s1. The molecule has 4 aromatic rings. The van der Waals surface area contributed by atoms with E-state index >= 15 is 0 Å². The third kappa shape index (κ3) is 4.72. The summed E-state index contributed by atoms with van der Waals surface area (Å²) >= 11 is 0. The summed E-state index contributed by atoms with van der Waals surface area (Å²) in [4.78, 5) is 25.0. The van der Waals surface area contributed by atoms with Crippen LogP contribution in [0.4, 0.5) is 8.78 Å². The van der Waals surface area contributed by atoms with Crippen LogP contribution >= 0.6 is 0 Å². The minimum atomic E-state index is -2.86. The molecule has 2 aliphatic rings. The van der Waals surface area contributed by atoms with E-state index in [1.807, 2.05) is 51.4 Å². The van der Waals surface area contributed by atoms with Crippen LogP contribution in [0.3, 0.4) is 0 Å². The summed E-state index contributed by atoms with van der Waals surface area (Å²) in [6, 6.07) is 9.51. The molecular weight excluding hydrogens is 510 g/mol. The number of morpholine rings is 1. The molecule has 12 heteroatoms. The number of carbonyl (C=O) groups excluding carboxylic acids is 1. The number of amides is 1. The lowest BCUT2D eigenvalue weighted by atomic mass is 10.0. The topological polar surface area (TPSA) is 95.7 Å². The molecule has 1 atom stereocenters. The Morgan fingerprint density at radius 3 is 2.90 bits per heavy atom. The molecule has 0 aliphatic carbocycles. The first-order chi connectivity index (χ1) is 18.9. The van der Waals surface area contributed by atoms with Crippen molar-refractivity contribution in [1.29, 1.82) is 0 Å². The maximum atomic E-state index is 13.4. The average molecular weight is 541 g/mol. The highest BCUT2D eigenvalue weighted by molar-refractivity contribution is 5.99. The number of para-hydroxylation sites is 1. The summed E-state index contributed by atoms with van der Waals surface area (Å²) in [6.45, 7) is 0.330. The van der Waals surface area contributed by atoms with Gasteiger partial charge in [0.15, 0.2) is 11.5 Å². The van der Waals surface area contributed by atoms with E-state index in [0.29, 0.717) is 66.7 Å². The number of ether oxygens (including phenoxy) is 3. The molecule has 0 bridgehead atoms. The number of methoxy groups -OCH3 is 1. The molecule has 0 spiro atoms. The van der Waals surface area contributed by atoms with Gasteiger partial charge in [-0.3, -0.25) is 4.79 Å². The van der Waals surface area contributed by atoms with E-state index in [0.717, 1.165) is 23.1 Å². The summed E-state index contributed by atoms with van der Waals surface area (Å²) < 4.78 is 45.0. The number of alkyl halides is 2. The zero-order valence-corrected chi connectivity index (χ0v) is 21.8. The average Bonchev–Trinajstić information content (AvgIpc) is 3.47. The number of halogens is 2. The lowest BCUT2D eigenvalue weighted by Gasteiger charge is -2.33. The SMILES string of the molecule is COc1cccc2cc(-c3nc4cc5c(nc4n3C)CCN(C[C@H]3COCCN3)C5=O)n(CCOC(F)F)c12. The zero-order valence-electron chi connectivity index (χ0n) is 21.8. The number of hydrogen-bond donors (Lipinski definition) is 1. The Balaban J connectivity index is 1.39. The first kappa shape index (κ1) is 25.7. The van der Waals surface area contributed by atoms with Crippen molar-refractivity contribution < 1.29 is 27.8 Å². The van der Waals surface area contributed by atoms with E-state index in [4.69, 9.17) is 19.4 Å². The predicted octanol–water partition coefficient (Wildman–Crippen LogP) is 2.82. The third-order valence-electron chi connectivity index (χ3n) is 7.39. The number of aryl methyl sites for hydroxylation is 1. The Hall–Kier alpha value is -3.61. The number of rotatable bonds is 8. The number of nitrogens with one attached hydrogen (secondary N) is 1. The van der Waals surface area contributed by atoms with E-state index in [1.165, 1.54) is 0 Å². The molecular formula is C27H30F2N6O4. The Bertz CT molecular complexity index is 1530. The smallest absolute Gasteiger partial charge is 0.345 e. The minimum absolute atomic E-state index is 0.0618. The second-order valence-corrected chi connectivity index (χ2v) is 9.76. The van der Waals surface area contributed by atoms with Crippen molar-refractivity contribution in [3.63, 3.8) is 0 Å². The van der Waals surface area contributed by atoms with E-state index in [9.17, 15) is 13.6 Å². The summed E-state index contributed by atoms with van der Waals surface area (Å²) in [5, 5.41) is 4.28. The van der Waals surface area contributed by atoms with Gasteiger partial charge >= 0.3 is 6.61 Å². The first-order valence-corrected chi connectivity index (χ1v) is 13.0. The van der Waals surface area contributed by atoms with Crippen molar-refractivity contribution in [1.82, 2.24) is 29.3 Å². The van der Waals surface area contributed by atoms with Gasteiger partial charge in [0.2, 0.25) is 0 Å². The van der Waals surface area contributed by atoms with Crippen LogP contribution < -0.4 is 10.1 Å². The van der Waals surface area contributed by atoms with Crippen LogP contribution in [0.15, 0.2) is 30.3 Å². The van der Waals surface area contributed by atoms with Crippen LogP contribution in [0.1, 0.15) is 16.1 Å². The van der Waals surface area contributed by atoms with Gasteiger partial charge in [-0.25, -0.2) is 9.97 Å². The van der Waals surface area contributed by atoms with Crippen molar-refractivity contribution in [2.24, 2.45) is 7.05 Å². The normalized spacial score (nSPS) is 17.9.